The predicted octanol–water partition coefficient (Wildman–Crippen LogP) is 3.27. The van der Waals surface area contributed by atoms with Crippen LogP contribution in [0.2, 0.25) is 0 Å². The molecule has 6 heteroatoms. The van der Waals surface area contributed by atoms with Crippen LogP contribution < -0.4 is 5.32 Å². The molecule has 1 amide bonds. The number of rotatable bonds is 7. The summed E-state index contributed by atoms with van der Waals surface area (Å²) in [6.45, 7) is 2.98. The van der Waals surface area contributed by atoms with Gasteiger partial charge in [0.05, 0.1) is 6.54 Å². The average Bonchev–Trinajstić information content (AvgIpc) is 3.41. The maximum absolute atomic E-state index is 12.3. The van der Waals surface area contributed by atoms with Crippen LogP contribution in [0.5, 0.6) is 0 Å². The van der Waals surface area contributed by atoms with Crippen LogP contribution in [0.25, 0.3) is 0 Å². The molecule has 1 aliphatic heterocycles. The minimum Gasteiger partial charge on any atom is -0.355 e. The van der Waals surface area contributed by atoms with Crippen LogP contribution in [0, 0.1) is 0 Å². The van der Waals surface area contributed by atoms with Crippen LogP contribution in [0.4, 0.5) is 0 Å². The van der Waals surface area contributed by atoms with E-state index in [2.05, 4.69) is 50.7 Å². The van der Waals surface area contributed by atoms with Crippen LogP contribution in [-0.2, 0) is 11.2 Å². The molecule has 28 heavy (non-hydrogen) atoms. The Balaban J connectivity index is 1.14. The molecular weight excluding hydrogens is 352 g/mol. The Hall–Kier alpha value is -2.21. The molecule has 1 saturated heterocycles. The Labute approximate surface area is 166 Å². The van der Waals surface area contributed by atoms with Crippen molar-refractivity contribution in [2.24, 2.45) is 0 Å². The number of piperidine rings is 1. The standard InChI is InChI=1S/C22H30N4O2/c27-21(16-26-14-11-18(12-15-26)17-6-2-1-3-7-17)23-13-10-20-24-22(28-25-20)19-8-4-5-9-19/h1-3,6-7,18-19H,4-5,8-16H2,(H,23,27). The van der Waals surface area contributed by atoms with E-state index in [9.17, 15) is 4.79 Å². The average molecular weight is 383 g/mol. The fourth-order valence-electron chi connectivity index (χ4n) is 4.43. The summed E-state index contributed by atoms with van der Waals surface area (Å²) in [5.74, 6) is 2.62. The van der Waals surface area contributed by atoms with Gasteiger partial charge in [-0.2, -0.15) is 4.98 Å². The minimum atomic E-state index is 0.0812. The highest BCUT2D eigenvalue weighted by atomic mass is 16.5. The second-order valence-corrected chi connectivity index (χ2v) is 8.09. The summed E-state index contributed by atoms with van der Waals surface area (Å²) in [6, 6.07) is 10.7. The summed E-state index contributed by atoms with van der Waals surface area (Å²) in [5, 5.41) is 7.06. The first-order chi connectivity index (χ1) is 13.8. The third-order valence-corrected chi connectivity index (χ3v) is 6.08. The van der Waals surface area contributed by atoms with Crippen LogP contribution in [0.1, 0.15) is 67.6 Å². The van der Waals surface area contributed by atoms with Gasteiger partial charge in [-0.15, -0.1) is 0 Å². The largest absolute Gasteiger partial charge is 0.355 e. The van der Waals surface area contributed by atoms with E-state index in [1.165, 1.54) is 18.4 Å². The van der Waals surface area contributed by atoms with E-state index in [0.717, 1.165) is 44.7 Å². The molecule has 1 aromatic heterocycles. The monoisotopic (exact) mass is 382 g/mol. The molecule has 2 heterocycles. The number of carbonyl (C=O) groups is 1. The molecule has 1 aliphatic carbocycles. The van der Waals surface area contributed by atoms with Crippen molar-refractivity contribution in [1.29, 1.82) is 0 Å². The number of likely N-dealkylation sites (tertiary alicyclic amines) is 1. The summed E-state index contributed by atoms with van der Waals surface area (Å²) in [6.07, 6.45) is 7.66. The number of nitrogens with one attached hydrogen (secondary N) is 1. The van der Waals surface area contributed by atoms with Gasteiger partial charge < -0.3 is 9.84 Å². The molecule has 2 aromatic rings. The van der Waals surface area contributed by atoms with Gasteiger partial charge in [0.15, 0.2) is 5.82 Å². The Morgan fingerprint density at radius 2 is 1.82 bits per heavy atom. The molecule has 4 rings (SSSR count). The van der Waals surface area contributed by atoms with Gasteiger partial charge in [-0.05, 0) is 50.3 Å². The molecule has 1 saturated carbocycles. The lowest BCUT2D eigenvalue weighted by Gasteiger charge is -2.31. The van der Waals surface area contributed by atoms with Gasteiger partial charge in [0.2, 0.25) is 11.8 Å². The lowest BCUT2D eigenvalue weighted by Crippen LogP contribution is -2.41. The molecule has 0 unspecified atom stereocenters. The van der Waals surface area contributed by atoms with Gasteiger partial charge in [-0.3, -0.25) is 9.69 Å². The lowest BCUT2D eigenvalue weighted by atomic mass is 9.89. The number of hydrogen-bond acceptors (Lipinski definition) is 5. The van der Waals surface area contributed by atoms with E-state index in [0.29, 0.717) is 37.2 Å². The Morgan fingerprint density at radius 1 is 1.07 bits per heavy atom. The van der Waals surface area contributed by atoms with Crippen molar-refractivity contribution in [3.05, 3.63) is 47.6 Å². The van der Waals surface area contributed by atoms with Gasteiger partial charge in [0, 0.05) is 18.9 Å². The van der Waals surface area contributed by atoms with Gasteiger partial charge in [0.1, 0.15) is 0 Å². The normalized spacial score (nSPS) is 19.1. The summed E-state index contributed by atoms with van der Waals surface area (Å²) in [7, 11) is 0. The van der Waals surface area contributed by atoms with E-state index in [4.69, 9.17) is 4.52 Å². The molecule has 0 radical (unpaired) electrons. The van der Waals surface area contributed by atoms with Crippen molar-refractivity contribution in [3.63, 3.8) is 0 Å². The quantitative estimate of drug-likeness (QED) is 0.796. The summed E-state index contributed by atoms with van der Waals surface area (Å²) >= 11 is 0. The first-order valence-corrected chi connectivity index (χ1v) is 10.6. The van der Waals surface area contributed by atoms with Crippen molar-refractivity contribution in [1.82, 2.24) is 20.4 Å². The summed E-state index contributed by atoms with van der Waals surface area (Å²) in [4.78, 5) is 19.0. The van der Waals surface area contributed by atoms with Crippen molar-refractivity contribution >= 4 is 5.91 Å². The van der Waals surface area contributed by atoms with Crippen LogP contribution >= 0.6 is 0 Å². The molecule has 6 nitrogen and oxygen atoms in total. The first-order valence-electron chi connectivity index (χ1n) is 10.6. The molecule has 2 fully saturated rings. The van der Waals surface area contributed by atoms with Gasteiger partial charge in [-0.25, -0.2) is 0 Å². The Bertz CT molecular complexity index is 747. The van der Waals surface area contributed by atoms with E-state index < -0.39 is 0 Å². The molecule has 1 aromatic carbocycles. The minimum absolute atomic E-state index is 0.0812. The number of hydrogen-bond donors (Lipinski definition) is 1. The van der Waals surface area contributed by atoms with Crippen LogP contribution in [0.15, 0.2) is 34.9 Å². The van der Waals surface area contributed by atoms with Gasteiger partial charge in [0.25, 0.3) is 0 Å². The SMILES string of the molecule is O=C(CN1CCC(c2ccccc2)CC1)NCCc1noc(C2CCCC2)n1. The van der Waals surface area contributed by atoms with Gasteiger partial charge in [-0.1, -0.05) is 48.3 Å². The lowest BCUT2D eigenvalue weighted by molar-refractivity contribution is -0.122. The first kappa shape index (κ1) is 19.1. The summed E-state index contributed by atoms with van der Waals surface area (Å²) in [5.41, 5.74) is 1.42. The second-order valence-electron chi connectivity index (χ2n) is 8.09. The molecule has 150 valence electrons. The maximum Gasteiger partial charge on any atom is 0.234 e. The van der Waals surface area contributed by atoms with Crippen molar-refractivity contribution < 1.29 is 9.32 Å². The zero-order chi connectivity index (χ0) is 19.2. The van der Waals surface area contributed by atoms with E-state index in [1.54, 1.807) is 0 Å². The highest BCUT2D eigenvalue weighted by Gasteiger charge is 2.23. The molecule has 0 atom stereocenters. The van der Waals surface area contributed by atoms with E-state index in [1.807, 2.05) is 0 Å². The number of carbonyl (C=O) groups excluding carboxylic acids is 1. The third-order valence-electron chi connectivity index (χ3n) is 6.08. The van der Waals surface area contributed by atoms with Crippen LogP contribution in [-0.4, -0.2) is 47.1 Å². The number of benzene rings is 1. The van der Waals surface area contributed by atoms with Crippen molar-refractivity contribution in [2.75, 3.05) is 26.2 Å². The Morgan fingerprint density at radius 3 is 2.57 bits per heavy atom. The second kappa shape index (κ2) is 9.32. The smallest absolute Gasteiger partial charge is 0.234 e. The Kier molecular flexibility index (Phi) is 6.37. The summed E-state index contributed by atoms with van der Waals surface area (Å²) < 4.78 is 5.39. The number of amides is 1. The van der Waals surface area contributed by atoms with E-state index in [-0.39, 0.29) is 5.91 Å². The zero-order valence-corrected chi connectivity index (χ0v) is 16.5. The van der Waals surface area contributed by atoms with Crippen molar-refractivity contribution in [3.8, 4) is 0 Å². The predicted molar refractivity (Wildman–Crippen MR) is 107 cm³/mol. The fraction of sp³-hybridized carbons (Fsp3) is 0.591. The molecule has 0 spiro atoms. The maximum atomic E-state index is 12.3. The highest BCUT2D eigenvalue weighted by Crippen LogP contribution is 2.32. The highest BCUT2D eigenvalue weighted by molar-refractivity contribution is 5.78. The third kappa shape index (κ3) is 4.98. The zero-order valence-electron chi connectivity index (χ0n) is 16.5. The van der Waals surface area contributed by atoms with E-state index >= 15 is 0 Å². The number of nitrogens with zero attached hydrogens (tertiary/aromatic N) is 3. The van der Waals surface area contributed by atoms with Crippen molar-refractivity contribution in [2.45, 2.75) is 56.8 Å². The fourth-order valence-corrected chi connectivity index (χ4v) is 4.43. The van der Waals surface area contributed by atoms with Crippen LogP contribution in [0.3, 0.4) is 0 Å². The topological polar surface area (TPSA) is 71.3 Å². The van der Waals surface area contributed by atoms with Gasteiger partial charge >= 0.3 is 0 Å². The molecule has 0 bridgehead atoms. The molecule has 2 aliphatic rings. The molecule has 1 N–H and O–H groups in total. The number of aromatic nitrogens is 2. The molecular formula is C22H30N4O2.